The number of nitrogens with one attached hydrogen (secondary N) is 1. The number of hydrogen-bond donors (Lipinski definition) is 1. The zero-order chi connectivity index (χ0) is 29.2. The van der Waals surface area contributed by atoms with Crippen molar-refractivity contribution >= 4 is 23.6 Å². The van der Waals surface area contributed by atoms with Crippen LogP contribution in [0, 0.1) is 5.82 Å². The third-order valence-corrected chi connectivity index (χ3v) is 5.89. The van der Waals surface area contributed by atoms with Gasteiger partial charge < -0.3 is 38.5 Å². The summed E-state index contributed by atoms with van der Waals surface area (Å²) in [6.07, 6.45) is 6.26. The van der Waals surface area contributed by atoms with Crippen molar-refractivity contribution in [3.8, 4) is 40.2 Å². The standard InChI is InChI=1S/C30H32FNO8/c1-34-24-17-22(32-11-10-23(33)20-15-27(37-4)30(40-7)28(16-20)38-5)19(14-21(24)31)9-8-18-12-25(35-2)29(39-6)26(13-18)36-3/h8-17,32H,1-7H3. The van der Waals surface area contributed by atoms with Crippen molar-refractivity contribution in [3.63, 3.8) is 0 Å². The first-order valence-electron chi connectivity index (χ1n) is 12.0. The molecule has 40 heavy (non-hydrogen) atoms. The number of carbonyl (C=O) groups is 1. The molecule has 0 saturated heterocycles. The van der Waals surface area contributed by atoms with Crippen LogP contribution >= 0.6 is 0 Å². The van der Waals surface area contributed by atoms with Crippen molar-refractivity contribution in [1.29, 1.82) is 0 Å². The first kappa shape index (κ1) is 29.7. The van der Waals surface area contributed by atoms with Crippen molar-refractivity contribution in [2.45, 2.75) is 0 Å². The van der Waals surface area contributed by atoms with E-state index in [1.807, 2.05) is 0 Å². The van der Waals surface area contributed by atoms with Crippen molar-refractivity contribution in [1.82, 2.24) is 0 Å². The number of anilines is 1. The van der Waals surface area contributed by atoms with Crippen molar-refractivity contribution in [2.75, 3.05) is 55.1 Å². The average Bonchev–Trinajstić information content (AvgIpc) is 2.98. The molecule has 0 amide bonds. The van der Waals surface area contributed by atoms with Gasteiger partial charge in [0.25, 0.3) is 0 Å². The molecule has 1 N–H and O–H groups in total. The maximum atomic E-state index is 14.6. The SMILES string of the molecule is COc1cc(NC=CC(=O)c2cc(OC)c(OC)c(OC)c2)c(C=Cc2cc(OC)c(OC)c(OC)c2)cc1F. The zero-order valence-electron chi connectivity index (χ0n) is 23.4. The molecular weight excluding hydrogens is 521 g/mol. The van der Waals surface area contributed by atoms with E-state index in [1.165, 1.54) is 74.2 Å². The molecule has 0 saturated carbocycles. The van der Waals surface area contributed by atoms with Gasteiger partial charge in [-0.3, -0.25) is 4.79 Å². The van der Waals surface area contributed by atoms with Crippen LogP contribution in [-0.2, 0) is 0 Å². The van der Waals surface area contributed by atoms with Crippen LogP contribution in [0.5, 0.6) is 40.2 Å². The molecule has 0 unspecified atom stereocenters. The number of carbonyl (C=O) groups excluding carboxylic acids is 1. The molecule has 0 aliphatic carbocycles. The number of hydrogen-bond acceptors (Lipinski definition) is 9. The van der Waals surface area contributed by atoms with Gasteiger partial charge in [0.15, 0.2) is 40.3 Å². The van der Waals surface area contributed by atoms with Crippen LogP contribution in [0.1, 0.15) is 21.5 Å². The fourth-order valence-electron chi connectivity index (χ4n) is 3.90. The molecule has 0 fully saturated rings. The first-order valence-corrected chi connectivity index (χ1v) is 12.0. The van der Waals surface area contributed by atoms with Gasteiger partial charge in [-0.1, -0.05) is 12.2 Å². The van der Waals surface area contributed by atoms with E-state index in [0.29, 0.717) is 51.3 Å². The molecule has 3 rings (SSSR count). The molecule has 0 bridgehead atoms. The van der Waals surface area contributed by atoms with Gasteiger partial charge in [-0.15, -0.1) is 0 Å². The molecule has 0 radical (unpaired) electrons. The summed E-state index contributed by atoms with van der Waals surface area (Å²) in [5, 5.41) is 3.04. The third kappa shape index (κ3) is 6.58. The van der Waals surface area contributed by atoms with Gasteiger partial charge in [0.1, 0.15) is 0 Å². The summed E-state index contributed by atoms with van der Waals surface area (Å²) in [6, 6.07) is 9.46. The lowest BCUT2D eigenvalue weighted by Crippen LogP contribution is -2.02. The third-order valence-electron chi connectivity index (χ3n) is 5.89. The number of ether oxygens (including phenoxy) is 7. The number of allylic oxidation sites excluding steroid dienone is 1. The average molecular weight is 554 g/mol. The summed E-state index contributed by atoms with van der Waals surface area (Å²) in [5.74, 6) is 1.68. The largest absolute Gasteiger partial charge is 0.494 e. The van der Waals surface area contributed by atoms with E-state index in [-0.39, 0.29) is 11.5 Å². The zero-order valence-corrected chi connectivity index (χ0v) is 23.4. The predicted octanol–water partition coefficient (Wildman–Crippen LogP) is 5.86. The molecule has 10 heteroatoms. The summed E-state index contributed by atoms with van der Waals surface area (Å²) >= 11 is 0. The topological polar surface area (TPSA) is 93.7 Å². The van der Waals surface area contributed by atoms with E-state index < -0.39 is 5.82 Å². The van der Waals surface area contributed by atoms with E-state index in [4.69, 9.17) is 33.2 Å². The van der Waals surface area contributed by atoms with E-state index in [2.05, 4.69) is 5.32 Å². The Morgan fingerprint density at radius 3 is 1.62 bits per heavy atom. The van der Waals surface area contributed by atoms with Crippen LogP contribution in [0.4, 0.5) is 10.1 Å². The number of methoxy groups -OCH3 is 7. The van der Waals surface area contributed by atoms with E-state index in [9.17, 15) is 9.18 Å². The predicted molar refractivity (Wildman–Crippen MR) is 151 cm³/mol. The second-order valence-electron chi connectivity index (χ2n) is 8.12. The fourth-order valence-corrected chi connectivity index (χ4v) is 3.90. The highest BCUT2D eigenvalue weighted by atomic mass is 19.1. The molecular formula is C30H32FNO8. The smallest absolute Gasteiger partial charge is 0.203 e. The Morgan fingerprint density at radius 2 is 1.15 bits per heavy atom. The van der Waals surface area contributed by atoms with Crippen molar-refractivity contribution in [3.05, 3.63) is 71.2 Å². The molecule has 0 aromatic heterocycles. The Hall–Kier alpha value is -4.86. The Bertz CT molecular complexity index is 1370. The number of benzene rings is 3. The molecule has 9 nitrogen and oxygen atoms in total. The van der Waals surface area contributed by atoms with Gasteiger partial charge in [0.05, 0.1) is 49.8 Å². The van der Waals surface area contributed by atoms with Crippen LogP contribution in [0.2, 0.25) is 0 Å². The fraction of sp³-hybridized carbons (Fsp3) is 0.233. The summed E-state index contributed by atoms with van der Waals surface area (Å²) in [7, 11) is 10.4. The highest BCUT2D eigenvalue weighted by Gasteiger charge is 2.16. The lowest BCUT2D eigenvalue weighted by atomic mass is 10.1. The van der Waals surface area contributed by atoms with Crippen molar-refractivity contribution in [2.24, 2.45) is 0 Å². The van der Waals surface area contributed by atoms with E-state index >= 15 is 0 Å². The highest BCUT2D eigenvalue weighted by Crippen LogP contribution is 2.40. The molecule has 212 valence electrons. The maximum Gasteiger partial charge on any atom is 0.203 e. The van der Waals surface area contributed by atoms with E-state index in [0.717, 1.165) is 5.56 Å². The molecule has 3 aromatic carbocycles. The molecule has 0 aliphatic heterocycles. The molecule has 3 aromatic rings. The van der Waals surface area contributed by atoms with Crippen LogP contribution < -0.4 is 38.5 Å². The summed E-state index contributed by atoms with van der Waals surface area (Å²) in [4.78, 5) is 12.9. The van der Waals surface area contributed by atoms with E-state index in [1.54, 1.807) is 36.4 Å². The second kappa shape index (κ2) is 13.8. The minimum Gasteiger partial charge on any atom is -0.494 e. The molecule has 0 atom stereocenters. The number of halogens is 1. The highest BCUT2D eigenvalue weighted by molar-refractivity contribution is 6.05. The Kier molecular flexibility index (Phi) is 10.2. The first-order chi connectivity index (χ1) is 19.3. The molecule has 0 aliphatic rings. The lowest BCUT2D eigenvalue weighted by Gasteiger charge is -2.13. The summed E-state index contributed by atoms with van der Waals surface area (Å²) in [6.45, 7) is 0. The van der Waals surface area contributed by atoms with Gasteiger partial charge >= 0.3 is 0 Å². The Labute approximate surface area is 232 Å². The van der Waals surface area contributed by atoms with Crippen LogP contribution in [-0.4, -0.2) is 55.6 Å². The van der Waals surface area contributed by atoms with Crippen LogP contribution in [0.25, 0.3) is 12.2 Å². The minimum atomic E-state index is -0.546. The Balaban J connectivity index is 1.92. The minimum absolute atomic E-state index is 0.0387. The quantitative estimate of drug-likeness (QED) is 0.159. The number of ketones is 1. The summed E-state index contributed by atoms with van der Waals surface area (Å²) < 4.78 is 51.9. The van der Waals surface area contributed by atoms with Crippen LogP contribution in [0.15, 0.2) is 48.7 Å². The normalized spacial score (nSPS) is 10.9. The van der Waals surface area contributed by atoms with Gasteiger partial charge in [-0.25, -0.2) is 4.39 Å². The van der Waals surface area contributed by atoms with Gasteiger partial charge in [-0.2, -0.15) is 0 Å². The lowest BCUT2D eigenvalue weighted by molar-refractivity contribution is 0.104. The molecule has 0 heterocycles. The van der Waals surface area contributed by atoms with Gasteiger partial charge in [0, 0.05) is 35.2 Å². The van der Waals surface area contributed by atoms with Crippen molar-refractivity contribution < 1.29 is 42.3 Å². The Morgan fingerprint density at radius 1 is 0.650 bits per heavy atom. The molecule has 0 spiro atoms. The monoisotopic (exact) mass is 553 g/mol. The summed E-state index contributed by atoms with van der Waals surface area (Å²) in [5.41, 5.74) is 2.05. The van der Waals surface area contributed by atoms with Crippen LogP contribution in [0.3, 0.4) is 0 Å². The van der Waals surface area contributed by atoms with Gasteiger partial charge in [-0.05, 0) is 35.9 Å². The van der Waals surface area contributed by atoms with Gasteiger partial charge in [0.2, 0.25) is 11.5 Å². The second-order valence-corrected chi connectivity index (χ2v) is 8.12. The number of rotatable bonds is 13. The maximum absolute atomic E-state index is 14.6.